The summed E-state index contributed by atoms with van der Waals surface area (Å²) in [4.78, 5) is 23.2. The van der Waals surface area contributed by atoms with Gasteiger partial charge in [0, 0.05) is 6.42 Å². The van der Waals surface area contributed by atoms with Gasteiger partial charge in [0.25, 0.3) is 5.91 Å². The minimum Gasteiger partial charge on any atom is -0.485 e. The van der Waals surface area contributed by atoms with E-state index in [4.69, 9.17) is 9.47 Å². The molecule has 1 unspecified atom stereocenters. The first-order chi connectivity index (χ1) is 9.70. The monoisotopic (exact) mass is 278 g/mol. The molecule has 108 valence electrons. The number of fused-ring (bicyclic) bond motifs is 1. The van der Waals surface area contributed by atoms with Crippen molar-refractivity contribution in [2.45, 2.75) is 32.3 Å². The SMILES string of the molecule is CCCCC(=O)NNC(=O)C1COc2ccccc2O1. The Morgan fingerprint density at radius 1 is 1.25 bits per heavy atom. The zero-order valence-corrected chi connectivity index (χ0v) is 11.3. The summed E-state index contributed by atoms with van der Waals surface area (Å²) in [7, 11) is 0. The van der Waals surface area contributed by atoms with Gasteiger partial charge in [0.05, 0.1) is 0 Å². The smallest absolute Gasteiger partial charge is 0.283 e. The number of hydrogen-bond donors (Lipinski definition) is 2. The molecule has 1 heterocycles. The maximum absolute atomic E-state index is 11.9. The summed E-state index contributed by atoms with van der Waals surface area (Å²) in [6, 6.07) is 7.14. The predicted molar refractivity (Wildman–Crippen MR) is 72.2 cm³/mol. The van der Waals surface area contributed by atoms with Crippen molar-refractivity contribution < 1.29 is 19.1 Å². The molecule has 1 aromatic rings. The summed E-state index contributed by atoms with van der Waals surface area (Å²) < 4.78 is 10.9. The zero-order chi connectivity index (χ0) is 14.4. The van der Waals surface area contributed by atoms with Crippen molar-refractivity contribution in [3.63, 3.8) is 0 Å². The number of unbranched alkanes of at least 4 members (excludes halogenated alkanes) is 1. The van der Waals surface area contributed by atoms with E-state index in [0.29, 0.717) is 17.9 Å². The Morgan fingerprint density at radius 3 is 2.75 bits per heavy atom. The third-order valence-electron chi connectivity index (χ3n) is 2.88. The first kappa shape index (κ1) is 14.2. The maximum atomic E-state index is 11.9. The lowest BCUT2D eigenvalue weighted by Gasteiger charge is -2.25. The van der Waals surface area contributed by atoms with E-state index in [1.54, 1.807) is 18.2 Å². The molecule has 6 nitrogen and oxygen atoms in total. The van der Waals surface area contributed by atoms with E-state index >= 15 is 0 Å². The Hall–Kier alpha value is -2.24. The van der Waals surface area contributed by atoms with Crippen LogP contribution in [0.2, 0.25) is 0 Å². The van der Waals surface area contributed by atoms with E-state index in [9.17, 15) is 9.59 Å². The molecule has 0 radical (unpaired) electrons. The van der Waals surface area contributed by atoms with Crippen LogP contribution in [-0.4, -0.2) is 24.5 Å². The quantitative estimate of drug-likeness (QED) is 0.810. The Balaban J connectivity index is 1.81. The summed E-state index contributed by atoms with van der Waals surface area (Å²) in [6.07, 6.45) is 1.34. The number of hydrazine groups is 1. The van der Waals surface area contributed by atoms with Gasteiger partial charge in [-0.3, -0.25) is 20.4 Å². The van der Waals surface area contributed by atoms with Gasteiger partial charge >= 0.3 is 0 Å². The molecule has 1 aromatic carbocycles. The highest BCUT2D eigenvalue weighted by atomic mass is 16.6. The summed E-state index contributed by atoms with van der Waals surface area (Å²) in [5, 5.41) is 0. The van der Waals surface area contributed by atoms with E-state index in [2.05, 4.69) is 10.9 Å². The third kappa shape index (κ3) is 3.63. The topological polar surface area (TPSA) is 76.7 Å². The first-order valence-corrected chi connectivity index (χ1v) is 6.68. The minimum absolute atomic E-state index is 0.119. The van der Waals surface area contributed by atoms with Gasteiger partial charge in [-0.05, 0) is 18.6 Å². The van der Waals surface area contributed by atoms with Crippen LogP contribution in [0.5, 0.6) is 11.5 Å². The highest BCUT2D eigenvalue weighted by Gasteiger charge is 2.27. The van der Waals surface area contributed by atoms with Gasteiger partial charge in [0.15, 0.2) is 11.5 Å². The Labute approximate surface area is 117 Å². The van der Waals surface area contributed by atoms with Gasteiger partial charge in [-0.15, -0.1) is 0 Å². The number of carbonyl (C=O) groups is 2. The fourth-order valence-electron chi connectivity index (χ4n) is 1.76. The van der Waals surface area contributed by atoms with Gasteiger partial charge < -0.3 is 9.47 Å². The molecule has 0 bridgehead atoms. The molecule has 0 fully saturated rings. The molecule has 0 spiro atoms. The van der Waals surface area contributed by atoms with Crippen LogP contribution in [0.15, 0.2) is 24.3 Å². The molecular weight excluding hydrogens is 260 g/mol. The van der Waals surface area contributed by atoms with E-state index < -0.39 is 12.0 Å². The number of nitrogens with one attached hydrogen (secondary N) is 2. The average molecular weight is 278 g/mol. The number of amides is 2. The minimum atomic E-state index is -0.767. The Bertz CT molecular complexity index is 490. The standard InChI is InChI=1S/C14H18N2O4/c1-2-3-8-13(17)15-16-14(18)12-9-19-10-6-4-5-7-11(10)20-12/h4-7,12H,2-3,8-9H2,1H3,(H,15,17)(H,16,18). The molecule has 0 saturated carbocycles. The number of carbonyl (C=O) groups excluding carboxylic acids is 2. The van der Waals surface area contributed by atoms with Crippen LogP contribution in [0.4, 0.5) is 0 Å². The summed E-state index contributed by atoms with van der Waals surface area (Å²) in [5.74, 6) is 0.501. The fraction of sp³-hybridized carbons (Fsp3) is 0.429. The number of ether oxygens (including phenoxy) is 2. The lowest BCUT2D eigenvalue weighted by Crippen LogP contribution is -2.50. The van der Waals surface area contributed by atoms with Crippen LogP contribution in [0, 0.1) is 0 Å². The van der Waals surface area contributed by atoms with Crippen LogP contribution >= 0.6 is 0 Å². The van der Waals surface area contributed by atoms with Gasteiger partial charge in [0.1, 0.15) is 6.61 Å². The molecule has 2 rings (SSSR count). The Morgan fingerprint density at radius 2 is 2.00 bits per heavy atom. The predicted octanol–water partition coefficient (Wildman–Crippen LogP) is 1.16. The number of para-hydroxylation sites is 2. The molecule has 6 heteroatoms. The van der Waals surface area contributed by atoms with E-state index in [-0.39, 0.29) is 12.5 Å². The van der Waals surface area contributed by atoms with Crippen LogP contribution < -0.4 is 20.3 Å². The summed E-state index contributed by atoms with van der Waals surface area (Å²) in [5.41, 5.74) is 4.71. The van der Waals surface area contributed by atoms with E-state index in [1.165, 1.54) is 0 Å². The average Bonchev–Trinajstić information content (AvgIpc) is 2.50. The lowest BCUT2D eigenvalue weighted by molar-refractivity contribution is -0.135. The Kier molecular flexibility index (Phi) is 4.81. The second-order valence-corrected chi connectivity index (χ2v) is 4.51. The second-order valence-electron chi connectivity index (χ2n) is 4.51. The van der Waals surface area contributed by atoms with E-state index in [0.717, 1.165) is 12.8 Å². The molecule has 0 saturated heterocycles. The zero-order valence-electron chi connectivity index (χ0n) is 11.3. The molecule has 20 heavy (non-hydrogen) atoms. The second kappa shape index (κ2) is 6.79. The van der Waals surface area contributed by atoms with Crippen molar-refractivity contribution in [2.24, 2.45) is 0 Å². The van der Waals surface area contributed by atoms with Crippen LogP contribution in [0.3, 0.4) is 0 Å². The number of hydrogen-bond acceptors (Lipinski definition) is 4. The van der Waals surface area contributed by atoms with Gasteiger partial charge in [-0.1, -0.05) is 25.5 Å². The third-order valence-corrected chi connectivity index (χ3v) is 2.88. The normalized spacial score (nSPS) is 16.4. The molecule has 0 aliphatic carbocycles. The van der Waals surface area contributed by atoms with Crippen molar-refractivity contribution >= 4 is 11.8 Å². The molecule has 1 aliphatic rings. The van der Waals surface area contributed by atoms with Gasteiger partial charge in [-0.2, -0.15) is 0 Å². The number of benzene rings is 1. The maximum Gasteiger partial charge on any atom is 0.283 e. The molecule has 0 aromatic heterocycles. The van der Waals surface area contributed by atoms with Gasteiger partial charge in [-0.25, -0.2) is 0 Å². The van der Waals surface area contributed by atoms with Crippen molar-refractivity contribution in [1.82, 2.24) is 10.9 Å². The van der Waals surface area contributed by atoms with Crippen LogP contribution in [0.1, 0.15) is 26.2 Å². The largest absolute Gasteiger partial charge is 0.485 e. The number of rotatable bonds is 4. The molecule has 2 N–H and O–H groups in total. The highest BCUT2D eigenvalue weighted by molar-refractivity contribution is 5.85. The van der Waals surface area contributed by atoms with Crippen LogP contribution in [-0.2, 0) is 9.59 Å². The molecule has 1 aliphatic heterocycles. The van der Waals surface area contributed by atoms with Crippen LogP contribution in [0.25, 0.3) is 0 Å². The lowest BCUT2D eigenvalue weighted by atomic mass is 10.2. The van der Waals surface area contributed by atoms with E-state index in [1.807, 2.05) is 13.0 Å². The van der Waals surface area contributed by atoms with Crippen molar-refractivity contribution in [1.29, 1.82) is 0 Å². The van der Waals surface area contributed by atoms with Crippen molar-refractivity contribution in [2.75, 3.05) is 6.61 Å². The summed E-state index contributed by atoms with van der Waals surface area (Å²) >= 11 is 0. The van der Waals surface area contributed by atoms with Crippen molar-refractivity contribution in [3.8, 4) is 11.5 Å². The summed E-state index contributed by atoms with van der Waals surface area (Å²) in [6.45, 7) is 2.12. The van der Waals surface area contributed by atoms with Gasteiger partial charge in [0.2, 0.25) is 12.0 Å². The molecule has 1 atom stereocenters. The fourth-order valence-corrected chi connectivity index (χ4v) is 1.76. The first-order valence-electron chi connectivity index (χ1n) is 6.68. The highest BCUT2D eigenvalue weighted by Crippen LogP contribution is 2.30. The van der Waals surface area contributed by atoms with Crippen molar-refractivity contribution in [3.05, 3.63) is 24.3 Å². The molecular formula is C14H18N2O4. The molecule has 2 amide bonds.